The van der Waals surface area contributed by atoms with E-state index in [1.54, 1.807) is 0 Å². The summed E-state index contributed by atoms with van der Waals surface area (Å²) >= 11 is 0. The number of hydrogen-bond acceptors (Lipinski definition) is 0. The van der Waals surface area contributed by atoms with Crippen LogP contribution in [-0.4, -0.2) is 6.16 Å². The second kappa shape index (κ2) is 14.2. The molecule has 0 spiro atoms. The van der Waals surface area contributed by atoms with Gasteiger partial charge in [0.05, 0.1) is 6.16 Å². The minimum absolute atomic E-state index is 0.727. The van der Waals surface area contributed by atoms with Gasteiger partial charge in [0.1, 0.15) is 23.2 Å². The van der Waals surface area contributed by atoms with Crippen LogP contribution in [0.4, 0.5) is 0 Å². The monoisotopic (exact) mass is 457 g/mol. The maximum Gasteiger partial charge on any atom is 0.112 e. The van der Waals surface area contributed by atoms with Crippen LogP contribution in [0.25, 0.3) is 0 Å². The van der Waals surface area contributed by atoms with E-state index in [1.807, 2.05) is 0 Å². The predicted octanol–water partition coefficient (Wildman–Crippen LogP) is 8.31. The maximum absolute atomic E-state index is 2.45. The summed E-state index contributed by atoms with van der Waals surface area (Å²) in [6.07, 6.45) is 16.5. The van der Waals surface area contributed by atoms with Gasteiger partial charge in [0.2, 0.25) is 0 Å². The van der Waals surface area contributed by atoms with Crippen molar-refractivity contribution in [3.05, 3.63) is 103 Å². The summed E-state index contributed by atoms with van der Waals surface area (Å²) in [4.78, 5) is 0. The van der Waals surface area contributed by atoms with E-state index in [0.29, 0.717) is 0 Å². The maximum atomic E-state index is 2.45. The molecule has 0 N–H and O–H groups in total. The van der Waals surface area contributed by atoms with Gasteiger partial charge in [-0.05, 0) is 74.4 Å². The van der Waals surface area contributed by atoms with Crippen molar-refractivity contribution in [2.45, 2.75) is 65.2 Å². The topological polar surface area (TPSA) is 0 Å². The fourth-order valence-electron chi connectivity index (χ4n) is 4.75. The van der Waals surface area contributed by atoms with Crippen LogP contribution in [0.1, 0.15) is 65.2 Å². The largest absolute Gasteiger partial charge is 0.112 e. The highest BCUT2D eigenvalue weighted by molar-refractivity contribution is 7.95. The summed E-state index contributed by atoms with van der Waals surface area (Å²) in [5.74, 6) is 0.727. The van der Waals surface area contributed by atoms with Gasteiger partial charge in [0.15, 0.2) is 0 Å². The van der Waals surface area contributed by atoms with Crippen molar-refractivity contribution in [3.8, 4) is 0 Å². The Kier molecular flexibility index (Phi) is 10.9. The molecule has 0 aliphatic carbocycles. The lowest BCUT2D eigenvalue weighted by molar-refractivity contribution is 0.524. The molecule has 0 bridgehead atoms. The first-order valence-corrected chi connectivity index (χ1v) is 14.9. The third-order valence-corrected chi connectivity index (χ3v) is 11.2. The van der Waals surface area contributed by atoms with E-state index in [0.717, 1.165) is 5.92 Å². The molecule has 0 heterocycles. The van der Waals surface area contributed by atoms with Gasteiger partial charge >= 0.3 is 0 Å². The molecule has 3 aromatic carbocycles. The summed E-state index contributed by atoms with van der Waals surface area (Å²) in [6.45, 7) is 4.73. The summed E-state index contributed by atoms with van der Waals surface area (Å²) in [5.41, 5.74) is 0. The number of hydrogen-bond donors (Lipinski definition) is 0. The Bertz CT molecular complexity index is 818. The molecule has 0 nitrogen and oxygen atoms in total. The quantitative estimate of drug-likeness (QED) is 0.130. The zero-order chi connectivity index (χ0) is 23.2. The highest BCUT2D eigenvalue weighted by Crippen LogP contribution is 2.56. The fraction of sp³-hybridized carbons (Fsp3) is 0.375. The Morgan fingerprint density at radius 3 is 1.58 bits per heavy atom. The molecule has 1 heteroatoms. The lowest BCUT2D eigenvalue weighted by atomic mass is 10.0. The molecular weight excluding hydrogens is 415 g/mol. The zero-order valence-corrected chi connectivity index (χ0v) is 21.6. The molecule has 0 saturated carbocycles. The van der Waals surface area contributed by atoms with Gasteiger partial charge in [-0.1, -0.05) is 99.9 Å². The number of rotatable bonds is 14. The van der Waals surface area contributed by atoms with E-state index in [4.69, 9.17) is 0 Å². The molecule has 0 aliphatic heterocycles. The first kappa shape index (κ1) is 25.5. The zero-order valence-electron chi connectivity index (χ0n) is 20.7. The van der Waals surface area contributed by atoms with Crippen LogP contribution in [-0.2, 0) is 0 Å². The van der Waals surface area contributed by atoms with Crippen LogP contribution in [0, 0.1) is 5.92 Å². The van der Waals surface area contributed by atoms with Crippen LogP contribution >= 0.6 is 7.26 Å². The third kappa shape index (κ3) is 7.41. The third-order valence-electron chi connectivity index (χ3n) is 6.77. The summed E-state index contributed by atoms with van der Waals surface area (Å²) in [6, 6.07) is 33.9. The summed E-state index contributed by atoms with van der Waals surface area (Å²) in [7, 11) is -1.69. The minimum Gasteiger partial charge on any atom is -0.0885 e. The average Bonchev–Trinajstić information content (AvgIpc) is 2.88. The molecule has 0 radical (unpaired) electrons. The first-order chi connectivity index (χ1) is 16.3. The second-order valence-corrected chi connectivity index (χ2v) is 12.9. The molecule has 174 valence electrons. The van der Waals surface area contributed by atoms with Crippen LogP contribution in [0.3, 0.4) is 0 Å². The lowest BCUT2D eigenvalue weighted by Crippen LogP contribution is -2.33. The molecule has 0 unspecified atom stereocenters. The van der Waals surface area contributed by atoms with E-state index in [2.05, 4.69) is 117 Å². The van der Waals surface area contributed by atoms with Crippen molar-refractivity contribution in [3.63, 3.8) is 0 Å². The molecule has 0 amide bonds. The van der Waals surface area contributed by atoms with Crippen LogP contribution in [0.15, 0.2) is 103 Å². The Balaban J connectivity index is 1.74. The van der Waals surface area contributed by atoms with Crippen molar-refractivity contribution in [2.24, 2.45) is 5.92 Å². The van der Waals surface area contributed by atoms with Crippen molar-refractivity contribution in [2.75, 3.05) is 6.16 Å². The van der Waals surface area contributed by atoms with E-state index in [1.165, 1.54) is 73.4 Å². The van der Waals surface area contributed by atoms with Gasteiger partial charge < -0.3 is 0 Å². The Morgan fingerprint density at radius 2 is 1.09 bits per heavy atom. The van der Waals surface area contributed by atoms with Gasteiger partial charge in [-0.3, -0.25) is 0 Å². The van der Waals surface area contributed by atoms with E-state index >= 15 is 0 Å². The van der Waals surface area contributed by atoms with E-state index < -0.39 is 7.26 Å². The SMILES string of the molecule is CCCCCC/C=C\CC[C@@H](C)CC[P+](c1ccccc1)(c1ccccc1)c1ccccc1. The van der Waals surface area contributed by atoms with E-state index in [9.17, 15) is 0 Å². The molecule has 0 fully saturated rings. The smallest absolute Gasteiger partial charge is 0.0885 e. The molecule has 3 aromatic rings. The number of allylic oxidation sites excluding steroid dienone is 2. The Labute approximate surface area is 203 Å². The molecule has 0 aromatic heterocycles. The van der Waals surface area contributed by atoms with Gasteiger partial charge in [-0.25, -0.2) is 0 Å². The van der Waals surface area contributed by atoms with Crippen molar-refractivity contribution < 1.29 is 0 Å². The number of benzene rings is 3. The predicted molar refractivity (Wildman–Crippen MR) is 151 cm³/mol. The average molecular weight is 458 g/mol. The fourth-order valence-corrected chi connectivity index (χ4v) is 9.29. The first-order valence-electron chi connectivity index (χ1n) is 13.0. The lowest BCUT2D eigenvalue weighted by Gasteiger charge is -2.28. The second-order valence-electron chi connectivity index (χ2n) is 9.33. The Morgan fingerprint density at radius 1 is 0.606 bits per heavy atom. The van der Waals surface area contributed by atoms with Crippen molar-refractivity contribution >= 4 is 23.2 Å². The molecule has 3 rings (SSSR count). The molecule has 0 saturated heterocycles. The number of unbranched alkanes of at least 4 members (excludes halogenated alkanes) is 4. The van der Waals surface area contributed by atoms with Crippen molar-refractivity contribution in [1.29, 1.82) is 0 Å². The highest BCUT2D eigenvalue weighted by atomic mass is 31.2. The summed E-state index contributed by atoms with van der Waals surface area (Å²) < 4.78 is 0. The van der Waals surface area contributed by atoms with Crippen LogP contribution < -0.4 is 15.9 Å². The van der Waals surface area contributed by atoms with Gasteiger partial charge in [0, 0.05) is 0 Å². The van der Waals surface area contributed by atoms with Gasteiger partial charge in [-0.2, -0.15) is 0 Å². The Hall–Kier alpha value is -2.17. The molecule has 1 atom stereocenters. The summed E-state index contributed by atoms with van der Waals surface area (Å²) in [5, 5.41) is 4.50. The highest BCUT2D eigenvalue weighted by Gasteiger charge is 2.44. The van der Waals surface area contributed by atoms with E-state index in [-0.39, 0.29) is 0 Å². The van der Waals surface area contributed by atoms with Gasteiger partial charge in [-0.15, -0.1) is 0 Å². The minimum atomic E-state index is -1.69. The van der Waals surface area contributed by atoms with Crippen LogP contribution in [0.2, 0.25) is 0 Å². The molecule has 33 heavy (non-hydrogen) atoms. The molecule has 0 aliphatic rings. The van der Waals surface area contributed by atoms with Gasteiger partial charge in [0.25, 0.3) is 0 Å². The normalized spacial score (nSPS) is 12.8. The molecular formula is C32H42P+. The van der Waals surface area contributed by atoms with Crippen LogP contribution in [0.5, 0.6) is 0 Å². The van der Waals surface area contributed by atoms with Crippen molar-refractivity contribution in [1.82, 2.24) is 0 Å². The standard InChI is InChI=1S/C32H42P/c1-3-4-5-6-7-8-9-13-20-29(2)27-28-33(30-21-14-10-15-22-30,31-23-16-11-17-24-31)32-25-18-12-19-26-32/h8-12,14-19,21-26,29H,3-7,13,20,27-28H2,1-2H3/q+1/b9-8-/t29-/m1/s1.